The van der Waals surface area contributed by atoms with Crippen LogP contribution in [0.3, 0.4) is 0 Å². The predicted octanol–water partition coefficient (Wildman–Crippen LogP) is 11.2. The first-order valence-electron chi connectivity index (χ1n) is 17.9. The van der Waals surface area contributed by atoms with Crippen molar-refractivity contribution in [3.63, 3.8) is 0 Å². The first kappa shape index (κ1) is 29.8. The SMILES string of the molecule is CC(C)c1ccnc(-n2c3ccccc3c3ccc(C4(c5cccc(N6CN(C)c7ccccc76)c5)c5ccccc5-c5ccccc54)cc32)c1. The smallest absolute Gasteiger partial charge is 0.137 e. The molecular formula is C47H38N4. The van der Waals surface area contributed by atoms with Gasteiger partial charge in [-0.3, -0.25) is 4.57 Å². The molecule has 3 heterocycles. The van der Waals surface area contributed by atoms with Gasteiger partial charge >= 0.3 is 0 Å². The lowest BCUT2D eigenvalue weighted by Gasteiger charge is -2.35. The molecule has 246 valence electrons. The third kappa shape index (κ3) is 4.23. The van der Waals surface area contributed by atoms with Crippen molar-refractivity contribution in [2.24, 2.45) is 0 Å². The van der Waals surface area contributed by atoms with Crippen LogP contribution in [0.5, 0.6) is 0 Å². The van der Waals surface area contributed by atoms with Crippen molar-refractivity contribution in [3.05, 3.63) is 186 Å². The average molecular weight is 659 g/mol. The molecule has 0 unspecified atom stereocenters. The fourth-order valence-electron chi connectivity index (χ4n) is 8.90. The summed E-state index contributed by atoms with van der Waals surface area (Å²) in [6.45, 7) is 5.29. The summed E-state index contributed by atoms with van der Waals surface area (Å²) in [5, 5.41) is 2.46. The van der Waals surface area contributed by atoms with E-state index in [1.54, 1.807) is 0 Å². The fourth-order valence-corrected chi connectivity index (χ4v) is 8.90. The summed E-state index contributed by atoms with van der Waals surface area (Å²) >= 11 is 0. The molecule has 0 atom stereocenters. The van der Waals surface area contributed by atoms with Crippen LogP contribution in [0, 0.1) is 0 Å². The maximum Gasteiger partial charge on any atom is 0.137 e. The predicted molar refractivity (Wildman–Crippen MR) is 212 cm³/mol. The third-order valence-corrected chi connectivity index (χ3v) is 11.3. The van der Waals surface area contributed by atoms with Gasteiger partial charge in [0, 0.05) is 29.7 Å². The Labute approximate surface area is 298 Å². The summed E-state index contributed by atoms with van der Waals surface area (Å²) in [6.07, 6.45) is 1.96. The zero-order chi connectivity index (χ0) is 34.3. The highest BCUT2D eigenvalue weighted by molar-refractivity contribution is 6.09. The van der Waals surface area contributed by atoms with E-state index in [-0.39, 0.29) is 0 Å². The molecule has 6 aromatic carbocycles. The molecule has 0 saturated heterocycles. The van der Waals surface area contributed by atoms with Gasteiger partial charge in [0.2, 0.25) is 0 Å². The van der Waals surface area contributed by atoms with Gasteiger partial charge in [-0.25, -0.2) is 4.98 Å². The Hall–Kier alpha value is -6.13. The van der Waals surface area contributed by atoms with E-state index in [1.165, 1.54) is 66.8 Å². The molecule has 0 N–H and O–H groups in total. The van der Waals surface area contributed by atoms with Crippen molar-refractivity contribution in [1.82, 2.24) is 9.55 Å². The molecule has 4 nitrogen and oxygen atoms in total. The van der Waals surface area contributed by atoms with E-state index in [0.717, 1.165) is 23.5 Å². The van der Waals surface area contributed by atoms with Crippen molar-refractivity contribution in [1.29, 1.82) is 0 Å². The Morgan fingerprint density at radius 1 is 0.588 bits per heavy atom. The summed E-state index contributed by atoms with van der Waals surface area (Å²) in [7, 11) is 2.17. The second kappa shape index (κ2) is 11.2. The summed E-state index contributed by atoms with van der Waals surface area (Å²) < 4.78 is 2.37. The van der Waals surface area contributed by atoms with Crippen LogP contribution < -0.4 is 9.80 Å². The van der Waals surface area contributed by atoms with Gasteiger partial charge in [-0.2, -0.15) is 0 Å². The number of hydrogen-bond acceptors (Lipinski definition) is 3. The maximum absolute atomic E-state index is 4.97. The first-order valence-corrected chi connectivity index (χ1v) is 17.9. The van der Waals surface area contributed by atoms with Crippen LogP contribution in [0.25, 0.3) is 38.8 Å². The minimum absolute atomic E-state index is 0.403. The Balaban J connectivity index is 1.28. The van der Waals surface area contributed by atoms with Crippen molar-refractivity contribution < 1.29 is 0 Å². The summed E-state index contributed by atoms with van der Waals surface area (Å²) in [5.74, 6) is 1.35. The molecule has 0 saturated carbocycles. The molecule has 0 amide bonds. The minimum Gasteiger partial charge on any atom is -0.355 e. The molecule has 0 radical (unpaired) electrons. The van der Waals surface area contributed by atoms with Gasteiger partial charge in [-0.1, -0.05) is 117 Å². The van der Waals surface area contributed by atoms with Gasteiger partial charge in [0.25, 0.3) is 0 Å². The quantitative estimate of drug-likeness (QED) is 0.184. The number of benzene rings is 6. The van der Waals surface area contributed by atoms with E-state index in [9.17, 15) is 0 Å². The normalized spacial score (nSPS) is 14.4. The number of aromatic nitrogens is 2. The van der Waals surface area contributed by atoms with Crippen LogP contribution >= 0.6 is 0 Å². The second-order valence-corrected chi connectivity index (χ2v) is 14.3. The highest BCUT2D eigenvalue weighted by Gasteiger charge is 2.46. The molecule has 4 heteroatoms. The number of pyridine rings is 1. The summed E-state index contributed by atoms with van der Waals surface area (Å²) in [5.41, 5.74) is 14.4. The van der Waals surface area contributed by atoms with Crippen LogP contribution in [0.2, 0.25) is 0 Å². The minimum atomic E-state index is -0.545. The molecule has 2 aromatic heterocycles. The molecule has 0 spiro atoms. The molecule has 1 aliphatic carbocycles. The van der Waals surface area contributed by atoms with E-state index in [2.05, 4.69) is 187 Å². The monoisotopic (exact) mass is 658 g/mol. The van der Waals surface area contributed by atoms with Gasteiger partial charge in [0.15, 0.2) is 0 Å². The highest BCUT2D eigenvalue weighted by atomic mass is 15.4. The molecule has 0 bridgehead atoms. The van der Waals surface area contributed by atoms with Gasteiger partial charge < -0.3 is 9.80 Å². The Bertz CT molecular complexity index is 2600. The van der Waals surface area contributed by atoms with E-state index in [0.29, 0.717) is 5.92 Å². The zero-order valence-corrected chi connectivity index (χ0v) is 29.1. The molecule has 10 rings (SSSR count). The largest absolute Gasteiger partial charge is 0.355 e. The van der Waals surface area contributed by atoms with E-state index in [4.69, 9.17) is 4.98 Å². The maximum atomic E-state index is 4.97. The van der Waals surface area contributed by atoms with Crippen LogP contribution in [0.15, 0.2) is 158 Å². The van der Waals surface area contributed by atoms with Crippen molar-refractivity contribution >= 4 is 38.9 Å². The number of para-hydroxylation sites is 3. The van der Waals surface area contributed by atoms with Gasteiger partial charge in [-0.05, 0) is 93.4 Å². The molecule has 8 aromatic rings. The standard InChI is InChI=1S/C47H38N4/c1-31(2)32-25-26-48-46(27-32)51-42-20-9-6-17-38(42)39-24-23-34(29-45(39)51)47(40-18-7-4-15-36(40)37-16-5-8-19-41(37)47)33-13-12-14-35(28-33)50-30-49(3)43-21-10-11-22-44(43)50/h4-29,31H,30H2,1-3H3. The topological polar surface area (TPSA) is 24.3 Å². The first-order chi connectivity index (χ1) is 25.0. The van der Waals surface area contributed by atoms with E-state index < -0.39 is 5.41 Å². The van der Waals surface area contributed by atoms with Crippen molar-refractivity contribution in [3.8, 4) is 16.9 Å². The number of fused-ring (bicyclic) bond motifs is 7. The molecule has 0 fully saturated rings. The molecule has 1 aliphatic heterocycles. The van der Waals surface area contributed by atoms with Crippen molar-refractivity contribution in [2.45, 2.75) is 25.2 Å². The van der Waals surface area contributed by atoms with E-state index in [1.807, 2.05) is 6.20 Å². The van der Waals surface area contributed by atoms with E-state index >= 15 is 0 Å². The summed E-state index contributed by atoms with van der Waals surface area (Å²) in [6, 6.07) is 56.3. The fraction of sp³-hybridized carbons (Fsp3) is 0.128. The highest BCUT2D eigenvalue weighted by Crippen LogP contribution is 2.57. The Morgan fingerprint density at radius 3 is 2.04 bits per heavy atom. The summed E-state index contributed by atoms with van der Waals surface area (Å²) in [4.78, 5) is 9.74. The van der Waals surface area contributed by atoms with Crippen molar-refractivity contribution in [2.75, 3.05) is 23.5 Å². The lowest BCUT2D eigenvalue weighted by Crippen LogP contribution is -2.29. The van der Waals surface area contributed by atoms with Crippen LogP contribution in [0.1, 0.15) is 47.6 Å². The number of rotatable bonds is 5. The third-order valence-electron chi connectivity index (χ3n) is 11.3. The van der Waals surface area contributed by atoms with Crippen LogP contribution in [-0.4, -0.2) is 23.3 Å². The van der Waals surface area contributed by atoms with Gasteiger partial charge in [0.05, 0.1) is 34.5 Å². The van der Waals surface area contributed by atoms with Gasteiger partial charge in [-0.15, -0.1) is 0 Å². The lowest BCUT2D eigenvalue weighted by molar-refractivity contribution is 0.768. The Kier molecular flexibility index (Phi) is 6.53. The number of nitrogens with zero attached hydrogens (tertiary/aromatic N) is 4. The average Bonchev–Trinajstić information content (AvgIpc) is 3.81. The Morgan fingerprint density at radius 2 is 1.25 bits per heavy atom. The molecule has 2 aliphatic rings. The zero-order valence-electron chi connectivity index (χ0n) is 29.1. The number of hydrogen-bond donors (Lipinski definition) is 0. The lowest BCUT2D eigenvalue weighted by atomic mass is 9.67. The van der Waals surface area contributed by atoms with Gasteiger partial charge in [0.1, 0.15) is 5.82 Å². The van der Waals surface area contributed by atoms with Crippen LogP contribution in [-0.2, 0) is 5.41 Å². The molecular weight excluding hydrogens is 621 g/mol. The molecule has 51 heavy (non-hydrogen) atoms. The second-order valence-electron chi connectivity index (χ2n) is 14.3. The number of anilines is 3. The van der Waals surface area contributed by atoms with Crippen LogP contribution in [0.4, 0.5) is 17.1 Å².